The van der Waals surface area contributed by atoms with Gasteiger partial charge in [0.25, 0.3) is 0 Å². The minimum atomic E-state index is -0.929. The number of fused-ring (bicyclic) bond motifs is 1. The van der Waals surface area contributed by atoms with E-state index in [2.05, 4.69) is 10.3 Å². The molecule has 0 aliphatic carbocycles. The molecule has 18 heavy (non-hydrogen) atoms. The standard InChI is InChI=1S/C12H14ClN3O2/c13-8-2-1-3-9-11(8)7(5-15-9)4-10(12(17)18)16-6-14/h1-3,5,10,15-16H,4,6,14H2,(H,17,18). The Labute approximate surface area is 109 Å². The number of carboxylic acid groups (broad SMARTS) is 1. The van der Waals surface area contributed by atoms with E-state index < -0.39 is 12.0 Å². The Bertz CT molecular complexity index is 567. The number of H-pyrrole nitrogens is 1. The molecule has 0 saturated heterocycles. The molecule has 0 saturated carbocycles. The number of aromatic nitrogens is 1. The van der Waals surface area contributed by atoms with Crippen LogP contribution in [0.3, 0.4) is 0 Å². The predicted molar refractivity (Wildman–Crippen MR) is 70.6 cm³/mol. The number of aromatic amines is 1. The number of benzene rings is 1. The summed E-state index contributed by atoms with van der Waals surface area (Å²) in [5.74, 6) is -0.929. The average molecular weight is 268 g/mol. The van der Waals surface area contributed by atoms with Crippen molar-refractivity contribution in [3.8, 4) is 0 Å². The van der Waals surface area contributed by atoms with Crippen LogP contribution < -0.4 is 11.1 Å². The van der Waals surface area contributed by atoms with Gasteiger partial charge in [0.15, 0.2) is 0 Å². The zero-order valence-corrected chi connectivity index (χ0v) is 10.4. The van der Waals surface area contributed by atoms with E-state index in [0.29, 0.717) is 11.4 Å². The van der Waals surface area contributed by atoms with Crippen molar-refractivity contribution in [3.05, 3.63) is 35.0 Å². The second-order valence-corrected chi connectivity index (χ2v) is 4.39. The molecule has 0 amide bonds. The highest BCUT2D eigenvalue weighted by Gasteiger charge is 2.19. The third kappa shape index (κ3) is 2.48. The minimum absolute atomic E-state index is 0.118. The van der Waals surface area contributed by atoms with Crippen LogP contribution in [0.25, 0.3) is 10.9 Å². The van der Waals surface area contributed by atoms with E-state index in [1.54, 1.807) is 12.3 Å². The van der Waals surface area contributed by atoms with Crippen LogP contribution >= 0.6 is 11.6 Å². The lowest BCUT2D eigenvalue weighted by Gasteiger charge is -2.12. The Kier molecular flexibility index (Phi) is 3.86. The van der Waals surface area contributed by atoms with Crippen molar-refractivity contribution in [2.24, 2.45) is 5.73 Å². The highest BCUT2D eigenvalue weighted by atomic mass is 35.5. The molecule has 1 aromatic heterocycles. The summed E-state index contributed by atoms with van der Waals surface area (Å²) in [5.41, 5.74) is 7.09. The van der Waals surface area contributed by atoms with Crippen molar-refractivity contribution in [3.63, 3.8) is 0 Å². The molecule has 1 unspecified atom stereocenters. The molecule has 2 aromatic rings. The Balaban J connectivity index is 2.33. The summed E-state index contributed by atoms with van der Waals surface area (Å²) >= 11 is 6.13. The molecule has 0 spiro atoms. The smallest absolute Gasteiger partial charge is 0.321 e. The molecule has 0 radical (unpaired) electrons. The van der Waals surface area contributed by atoms with Crippen molar-refractivity contribution in [2.75, 3.05) is 6.67 Å². The van der Waals surface area contributed by atoms with E-state index in [-0.39, 0.29) is 6.67 Å². The molecule has 1 heterocycles. The van der Waals surface area contributed by atoms with Crippen LogP contribution in [0.4, 0.5) is 0 Å². The molecule has 2 rings (SSSR count). The van der Waals surface area contributed by atoms with Gasteiger partial charge in [-0.1, -0.05) is 17.7 Å². The highest BCUT2D eigenvalue weighted by Crippen LogP contribution is 2.27. The van der Waals surface area contributed by atoms with Crippen LogP contribution in [0.15, 0.2) is 24.4 Å². The summed E-state index contributed by atoms with van der Waals surface area (Å²) in [6, 6.07) is 4.81. The molecule has 0 aliphatic rings. The summed E-state index contributed by atoms with van der Waals surface area (Å²) in [5, 5.41) is 13.3. The van der Waals surface area contributed by atoms with Gasteiger partial charge in [-0.25, -0.2) is 0 Å². The van der Waals surface area contributed by atoms with Gasteiger partial charge in [-0.3, -0.25) is 10.1 Å². The molecule has 6 heteroatoms. The van der Waals surface area contributed by atoms with Gasteiger partial charge >= 0.3 is 5.97 Å². The lowest BCUT2D eigenvalue weighted by Crippen LogP contribution is -2.41. The van der Waals surface area contributed by atoms with E-state index in [4.69, 9.17) is 22.4 Å². The van der Waals surface area contributed by atoms with Crippen molar-refractivity contribution in [1.82, 2.24) is 10.3 Å². The maximum Gasteiger partial charge on any atom is 0.321 e. The number of aliphatic carboxylic acids is 1. The zero-order chi connectivity index (χ0) is 13.1. The van der Waals surface area contributed by atoms with E-state index in [0.717, 1.165) is 16.5 Å². The lowest BCUT2D eigenvalue weighted by molar-refractivity contribution is -0.139. The van der Waals surface area contributed by atoms with E-state index in [1.165, 1.54) is 0 Å². The maximum absolute atomic E-state index is 11.1. The molecule has 0 fully saturated rings. The second-order valence-electron chi connectivity index (χ2n) is 3.98. The highest BCUT2D eigenvalue weighted by molar-refractivity contribution is 6.35. The fourth-order valence-electron chi connectivity index (χ4n) is 1.98. The Morgan fingerprint density at radius 1 is 1.56 bits per heavy atom. The number of rotatable bonds is 5. The van der Waals surface area contributed by atoms with Crippen molar-refractivity contribution >= 4 is 28.5 Å². The number of hydrogen-bond donors (Lipinski definition) is 4. The van der Waals surface area contributed by atoms with Crippen molar-refractivity contribution in [2.45, 2.75) is 12.5 Å². The first-order valence-electron chi connectivity index (χ1n) is 5.54. The Morgan fingerprint density at radius 2 is 2.33 bits per heavy atom. The summed E-state index contributed by atoms with van der Waals surface area (Å²) < 4.78 is 0. The van der Waals surface area contributed by atoms with Gasteiger partial charge in [0.05, 0.1) is 5.02 Å². The van der Waals surface area contributed by atoms with E-state index in [1.807, 2.05) is 12.1 Å². The van der Waals surface area contributed by atoms with Gasteiger partial charge in [-0.15, -0.1) is 0 Å². The predicted octanol–water partition coefficient (Wildman–Crippen LogP) is 1.32. The second kappa shape index (κ2) is 5.39. The first-order chi connectivity index (χ1) is 8.63. The van der Waals surface area contributed by atoms with Crippen LogP contribution in [-0.2, 0) is 11.2 Å². The lowest BCUT2D eigenvalue weighted by atomic mass is 10.1. The van der Waals surface area contributed by atoms with Gasteiger partial charge in [0.2, 0.25) is 0 Å². The molecule has 0 aliphatic heterocycles. The van der Waals surface area contributed by atoms with Gasteiger partial charge in [-0.2, -0.15) is 0 Å². The van der Waals surface area contributed by atoms with Crippen LogP contribution in [0.2, 0.25) is 5.02 Å². The van der Waals surface area contributed by atoms with Gasteiger partial charge < -0.3 is 15.8 Å². The average Bonchev–Trinajstić information content (AvgIpc) is 2.73. The summed E-state index contributed by atoms with van der Waals surface area (Å²) in [6.07, 6.45) is 2.11. The minimum Gasteiger partial charge on any atom is -0.480 e. The number of hydrogen-bond acceptors (Lipinski definition) is 3. The van der Waals surface area contributed by atoms with Gasteiger partial charge in [0.1, 0.15) is 6.04 Å². The molecule has 5 N–H and O–H groups in total. The largest absolute Gasteiger partial charge is 0.480 e. The van der Waals surface area contributed by atoms with Crippen LogP contribution in [0, 0.1) is 0 Å². The molecular formula is C12H14ClN3O2. The Hall–Kier alpha value is -1.56. The first-order valence-corrected chi connectivity index (χ1v) is 5.92. The van der Waals surface area contributed by atoms with Crippen molar-refractivity contribution in [1.29, 1.82) is 0 Å². The number of nitrogens with two attached hydrogens (primary N) is 1. The molecule has 96 valence electrons. The Morgan fingerprint density at radius 3 is 3.00 bits per heavy atom. The number of nitrogens with one attached hydrogen (secondary N) is 2. The fraction of sp³-hybridized carbons (Fsp3) is 0.250. The number of carboxylic acids is 1. The molecule has 0 bridgehead atoms. The van der Waals surface area contributed by atoms with Gasteiger partial charge in [0, 0.05) is 30.2 Å². The van der Waals surface area contributed by atoms with E-state index in [9.17, 15) is 4.79 Å². The fourth-order valence-corrected chi connectivity index (χ4v) is 2.27. The SMILES string of the molecule is NCNC(Cc1c[nH]c2cccc(Cl)c12)C(=O)O. The van der Waals surface area contributed by atoms with Crippen LogP contribution in [0.1, 0.15) is 5.56 Å². The topological polar surface area (TPSA) is 91.1 Å². The zero-order valence-electron chi connectivity index (χ0n) is 9.61. The third-order valence-electron chi connectivity index (χ3n) is 2.82. The van der Waals surface area contributed by atoms with Gasteiger partial charge in [-0.05, 0) is 17.7 Å². The monoisotopic (exact) mass is 267 g/mol. The molecule has 1 aromatic carbocycles. The summed E-state index contributed by atoms with van der Waals surface area (Å²) in [7, 11) is 0. The normalized spacial score (nSPS) is 12.8. The van der Waals surface area contributed by atoms with Crippen molar-refractivity contribution < 1.29 is 9.90 Å². The van der Waals surface area contributed by atoms with Crippen LogP contribution in [-0.4, -0.2) is 28.8 Å². The maximum atomic E-state index is 11.1. The van der Waals surface area contributed by atoms with Crippen LogP contribution in [0.5, 0.6) is 0 Å². The summed E-state index contributed by atoms with van der Waals surface area (Å²) in [6.45, 7) is 0.118. The number of halogens is 1. The third-order valence-corrected chi connectivity index (χ3v) is 3.14. The first kappa shape index (κ1) is 12.9. The summed E-state index contributed by atoms with van der Waals surface area (Å²) in [4.78, 5) is 14.2. The molecule has 1 atom stereocenters. The molecule has 5 nitrogen and oxygen atoms in total. The molecular weight excluding hydrogens is 254 g/mol. The van der Waals surface area contributed by atoms with E-state index >= 15 is 0 Å². The quantitative estimate of drug-likeness (QED) is 0.615. The number of carbonyl (C=O) groups is 1.